The molecule has 2 rings (SSSR count). The first-order valence-electron chi connectivity index (χ1n) is 9.14. The topological polar surface area (TPSA) is 67.4 Å². The average Bonchev–Trinajstić information content (AvgIpc) is 2.70. The van der Waals surface area contributed by atoms with Gasteiger partial charge in [-0.3, -0.25) is 4.99 Å². The highest BCUT2D eigenvalue weighted by molar-refractivity contribution is 14.0. The van der Waals surface area contributed by atoms with Crippen molar-refractivity contribution in [3.63, 3.8) is 0 Å². The molecule has 0 atom stereocenters. The van der Waals surface area contributed by atoms with Crippen LogP contribution in [0.4, 0.5) is 5.69 Å². The van der Waals surface area contributed by atoms with Gasteiger partial charge in [0, 0.05) is 70.3 Å². The molecule has 1 aliphatic rings. The monoisotopic (exact) mass is 492 g/mol. The summed E-state index contributed by atoms with van der Waals surface area (Å²) >= 11 is 0. The number of benzene rings is 1. The van der Waals surface area contributed by atoms with Crippen molar-refractivity contribution in [2.24, 2.45) is 4.99 Å². The maximum Gasteiger partial charge on any atom is 0.191 e. The summed E-state index contributed by atoms with van der Waals surface area (Å²) in [7, 11) is 6.89. The number of hydrogen-bond acceptors (Lipinski definition) is 5. The number of ether oxygens (including phenoxy) is 3. The first-order chi connectivity index (χ1) is 12.7. The Morgan fingerprint density at radius 3 is 2.26 bits per heavy atom. The van der Waals surface area contributed by atoms with E-state index in [9.17, 15) is 0 Å². The van der Waals surface area contributed by atoms with Crippen LogP contribution in [-0.2, 0) is 4.74 Å². The van der Waals surface area contributed by atoms with E-state index in [0.717, 1.165) is 68.6 Å². The van der Waals surface area contributed by atoms with Crippen molar-refractivity contribution in [3.8, 4) is 11.5 Å². The lowest BCUT2D eigenvalue weighted by atomic mass is 10.0. The van der Waals surface area contributed by atoms with Gasteiger partial charge in [-0.25, -0.2) is 0 Å². The summed E-state index contributed by atoms with van der Waals surface area (Å²) in [5.74, 6) is 2.50. The maximum absolute atomic E-state index is 5.38. The van der Waals surface area contributed by atoms with Crippen molar-refractivity contribution in [1.29, 1.82) is 0 Å². The van der Waals surface area contributed by atoms with Crippen LogP contribution >= 0.6 is 24.0 Å². The third-order valence-corrected chi connectivity index (χ3v) is 4.58. The van der Waals surface area contributed by atoms with Gasteiger partial charge in [0.05, 0.1) is 14.2 Å². The van der Waals surface area contributed by atoms with Crippen LogP contribution < -0.4 is 25.0 Å². The highest BCUT2D eigenvalue weighted by Gasteiger charge is 2.21. The minimum Gasteiger partial charge on any atom is -0.497 e. The van der Waals surface area contributed by atoms with Crippen molar-refractivity contribution in [3.05, 3.63) is 18.2 Å². The van der Waals surface area contributed by atoms with Crippen LogP contribution in [0.15, 0.2) is 23.2 Å². The molecule has 27 heavy (non-hydrogen) atoms. The van der Waals surface area contributed by atoms with Crippen molar-refractivity contribution >= 4 is 35.6 Å². The minimum absolute atomic E-state index is 0. The van der Waals surface area contributed by atoms with Crippen LogP contribution in [0, 0.1) is 0 Å². The van der Waals surface area contributed by atoms with Gasteiger partial charge in [0.2, 0.25) is 0 Å². The van der Waals surface area contributed by atoms with Gasteiger partial charge in [-0.05, 0) is 19.3 Å². The molecular weight excluding hydrogens is 459 g/mol. The molecule has 1 heterocycles. The largest absolute Gasteiger partial charge is 0.497 e. The van der Waals surface area contributed by atoms with E-state index in [1.54, 1.807) is 21.3 Å². The van der Waals surface area contributed by atoms with Crippen LogP contribution in [0.3, 0.4) is 0 Å². The molecule has 1 saturated heterocycles. The molecule has 0 spiro atoms. The standard InChI is InChI=1S/C19H32N4O3.HI/c1-20-19(21-8-5-11-24-2)22-15-6-9-23(10-7-15)16-12-17(25-3)14-18(13-16)26-4;/h12-15H,5-11H2,1-4H3,(H2,20,21,22);1H. The van der Waals surface area contributed by atoms with E-state index in [1.165, 1.54) is 0 Å². The van der Waals surface area contributed by atoms with Gasteiger partial charge < -0.3 is 29.7 Å². The smallest absolute Gasteiger partial charge is 0.191 e. The summed E-state index contributed by atoms with van der Waals surface area (Å²) in [5.41, 5.74) is 1.14. The highest BCUT2D eigenvalue weighted by atomic mass is 127. The lowest BCUT2D eigenvalue weighted by molar-refractivity contribution is 0.195. The Kier molecular flexibility index (Phi) is 11.3. The molecule has 7 nitrogen and oxygen atoms in total. The summed E-state index contributed by atoms with van der Waals surface area (Å²) in [6, 6.07) is 6.45. The van der Waals surface area contributed by atoms with Crippen molar-refractivity contribution in [2.45, 2.75) is 25.3 Å². The second kappa shape index (κ2) is 12.9. The van der Waals surface area contributed by atoms with Crippen LogP contribution in [0.25, 0.3) is 0 Å². The maximum atomic E-state index is 5.38. The zero-order valence-electron chi connectivity index (χ0n) is 16.8. The molecule has 0 amide bonds. The molecule has 0 aromatic heterocycles. The van der Waals surface area contributed by atoms with E-state index >= 15 is 0 Å². The molecule has 8 heteroatoms. The number of rotatable bonds is 8. The zero-order valence-corrected chi connectivity index (χ0v) is 19.1. The fourth-order valence-corrected chi connectivity index (χ4v) is 3.07. The predicted molar refractivity (Wildman–Crippen MR) is 121 cm³/mol. The molecule has 0 saturated carbocycles. The average molecular weight is 492 g/mol. The van der Waals surface area contributed by atoms with Crippen molar-refractivity contribution in [1.82, 2.24) is 10.6 Å². The van der Waals surface area contributed by atoms with Gasteiger partial charge in [-0.2, -0.15) is 0 Å². The Bertz CT molecular complexity index is 556. The molecule has 1 aromatic carbocycles. The molecule has 1 aromatic rings. The SMILES string of the molecule is CN=C(NCCCOC)NC1CCN(c2cc(OC)cc(OC)c2)CC1.I. The molecule has 1 fully saturated rings. The van der Waals surface area contributed by atoms with E-state index < -0.39 is 0 Å². The summed E-state index contributed by atoms with van der Waals surface area (Å²) < 4.78 is 15.8. The van der Waals surface area contributed by atoms with Gasteiger partial charge in [-0.15, -0.1) is 24.0 Å². The second-order valence-corrected chi connectivity index (χ2v) is 6.32. The fraction of sp³-hybridized carbons (Fsp3) is 0.632. The van der Waals surface area contributed by atoms with E-state index in [-0.39, 0.29) is 24.0 Å². The second-order valence-electron chi connectivity index (χ2n) is 6.32. The van der Waals surface area contributed by atoms with Crippen molar-refractivity contribution < 1.29 is 14.2 Å². The molecule has 0 aliphatic carbocycles. The van der Waals surface area contributed by atoms with Gasteiger partial charge in [0.25, 0.3) is 0 Å². The first-order valence-corrected chi connectivity index (χ1v) is 9.14. The molecule has 0 unspecified atom stereocenters. The van der Waals surface area contributed by atoms with Crippen LogP contribution in [0.1, 0.15) is 19.3 Å². The quantitative estimate of drug-likeness (QED) is 0.252. The number of nitrogens with zero attached hydrogens (tertiary/aromatic N) is 2. The molecule has 1 aliphatic heterocycles. The van der Waals surface area contributed by atoms with Crippen LogP contribution in [-0.4, -0.2) is 66.6 Å². The number of aliphatic imine (C=N–C) groups is 1. The summed E-state index contributed by atoms with van der Waals surface area (Å²) in [6.45, 7) is 3.58. The summed E-state index contributed by atoms with van der Waals surface area (Å²) in [4.78, 5) is 6.68. The van der Waals surface area contributed by atoms with Gasteiger partial charge in [0.15, 0.2) is 5.96 Å². The molecule has 154 valence electrons. The van der Waals surface area contributed by atoms with Crippen LogP contribution in [0.2, 0.25) is 0 Å². The molecule has 0 bridgehead atoms. The summed E-state index contributed by atoms with van der Waals surface area (Å²) in [6.07, 6.45) is 3.07. The lowest BCUT2D eigenvalue weighted by Gasteiger charge is -2.34. The third-order valence-electron chi connectivity index (χ3n) is 4.58. The van der Waals surface area contributed by atoms with E-state index in [4.69, 9.17) is 14.2 Å². The number of piperidine rings is 1. The van der Waals surface area contributed by atoms with E-state index in [2.05, 4.69) is 32.7 Å². The number of guanidine groups is 1. The third kappa shape index (κ3) is 7.61. The van der Waals surface area contributed by atoms with Gasteiger partial charge in [-0.1, -0.05) is 0 Å². The number of nitrogens with one attached hydrogen (secondary N) is 2. The molecular formula is C19H33IN4O3. The Balaban J connectivity index is 0.00000364. The van der Waals surface area contributed by atoms with E-state index in [1.807, 2.05) is 13.1 Å². The van der Waals surface area contributed by atoms with E-state index in [0.29, 0.717) is 6.04 Å². The zero-order chi connectivity index (χ0) is 18.8. The summed E-state index contributed by atoms with van der Waals surface area (Å²) in [5, 5.41) is 6.86. The Hall–Kier alpha value is -1.42. The number of hydrogen-bond donors (Lipinski definition) is 2. The van der Waals surface area contributed by atoms with Crippen LogP contribution in [0.5, 0.6) is 11.5 Å². The fourth-order valence-electron chi connectivity index (χ4n) is 3.07. The lowest BCUT2D eigenvalue weighted by Crippen LogP contribution is -2.49. The van der Waals surface area contributed by atoms with Gasteiger partial charge >= 0.3 is 0 Å². The number of methoxy groups -OCH3 is 3. The Labute approximate surface area is 179 Å². The van der Waals surface area contributed by atoms with Gasteiger partial charge in [0.1, 0.15) is 11.5 Å². The van der Waals surface area contributed by atoms with Crippen molar-refractivity contribution in [2.75, 3.05) is 59.5 Å². The Morgan fingerprint density at radius 1 is 1.11 bits per heavy atom. The minimum atomic E-state index is 0. The normalized spacial score (nSPS) is 15.1. The number of anilines is 1. The highest BCUT2D eigenvalue weighted by Crippen LogP contribution is 2.30. The number of halogens is 1. The molecule has 0 radical (unpaired) electrons. The Morgan fingerprint density at radius 2 is 1.74 bits per heavy atom. The molecule has 2 N–H and O–H groups in total. The predicted octanol–water partition coefficient (Wildman–Crippen LogP) is 2.49. The first kappa shape index (κ1) is 23.6.